The van der Waals surface area contributed by atoms with E-state index in [1.165, 1.54) is 24.3 Å². The number of nitrogens with zero attached hydrogens (tertiary/aromatic N) is 1. The highest BCUT2D eigenvalue weighted by molar-refractivity contribution is 9.10. The number of anilines is 1. The minimum Gasteiger partial charge on any atom is -0.368 e. The summed E-state index contributed by atoms with van der Waals surface area (Å²) in [5.74, 6) is -2.13. The molecule has 1 aliphatic rings. The van der Waals surface area contributed by atoms with Gasteiger partial charge in [-0.15, -0.1) is 0 Å². The average Bonchev–Trinajstić information content (AvgIpc) is 2.81. The van der Waals surface area contributed by atoms with Crippen molar-refractivity contribution in [3.8, 4) is 0 Å². The van der Waals surface area contributed by atoms with E-state index < -0.39 is 23.3 Å². The van der Waals surface area contributed by atoms with Crippen LogP contribution in [-0.4, -0.2) is 26.2 Å². The molecule has 7 heteroatoms. The first-order valence-electron chi connectivity index (χ1n) is 7.48. The molecule has 2 aromatic rings. The number of nitrogens with one attached hydrogen (secondary N) is 1. The Kier molecular flexibility index (Phi) is 7.05. The second kappa shape index (κ2) is 9.03. The molecule has 0 amide bonds. The molecule has 0 spiro atoms. The van der Waals surface area contributed by atoms with Crippen LogP contribution >= 0.6 is 15.9 Å². The third-order valence-corrected chi connectivity index (χ3v) is 4.12. The van der Waals surface area contributed by atoms with E-state index in [2.05, 4.69) is 21.2 Å². The van der Waals surface area contributed by atoms with Gasteiger partial charge in [0, 0.05) is 31.8 Å². The molecular formula is C17H17BrF4N2. The maximum absolute atomic E-state index is 13.5. The van der Waals surface area contributed by atoms with Crippen molar-refractivity contribution >= 4 is 21.6 Å². The topological polar surface area (TPSA) is 15.3 Å². The molecule has 1 saturated heterocycles. The van der Waals surface area contributed by atoms with Crippen LogP contribution in [0.1, 0.15) is 6.42 Å². The Bertz CT molecular complexity index is 674. The standard InChI is InChI=1S/C11H14F2N2.C6H3BrF2/c12-9-2-3-11(10(13)8-9)15-6-1-4-14-5-7-15;7-5-2-1-4(8)3-6(5)9/h2-3,8,14H,1,4-7H2;1-3H. The molecule has 130 valence electrons. The lowest BCUT2D eigenvalue weighted by atomic mass is 10.2. The fraction of sp³-hybridized carbons (Fsp3) is 0.294. The van der Waals surface area contributed by atoms with E-state index in [-0.39, 0.29) is 4.47 Å². The molecule has 1 aliphatic heterocycles. The molecule has 0 bridgehead atoms. The molecule has 0 saturated carbocycles. The molecule has 0 radical (unpaired) electrons. The molecule has 0 atom stereocenters. The van der Waals surface area contributed by atoms with E-state index in [1.807, 2.05) is 4.90 Å². The molecule has 2 nitrogen and oxygen atoms in total. The molecule has 0 aliphatic carbocycles. The van der Waals surface area contributed by atoms with E-state index in [1.54, 1.807) is 0 Å². The largest absolute Gasteiger partial charge is 0.368 e. The maximum Gasteiger partial charge on any atom is 0.149 e. The first kappa shape index (κ1) is 18.7. The Labute approximate surface area is 146 Å². The normalized spacial score (nSPS) is 14.6. The zero-order valence-corrected chi connectivity index (χ0v) is 14.4. The van der Waals surface area contributed by atoms with Crippen LogP contribution in [0.25, 0.3) is 0 Å². The highest BCUT2D eigenvalue weighted by atomic mass is 79.9. The molecular weight excluding hydrogens is 388 g/mol. The zero-order valence-electron chi connectivity index (χ0n) is 12.8. The Hall–Kier alpha value is -1.60. The lowest BCUT2D eigenvalue weighted by molar-refractivity contribution is 0.578. The summed E-state index contributed by atoms with van der Waals surface area (Å²) in [6.45, 7) is 3.38. The summed E-state index contributed by atoms with van der Waals surface area (Å²) < 4.78 is 50.9. The summed E-state index contributed by atoms with van der Waals surface area (Å²) in [6.07, 6.45) is 0.983. The molecule has 2 aromatic carbocycles. The van der Waals surface area contributed by atoms with Gasteiger partial charge < -0.3 is 10.2 Å². The van der Waals surface area contributed by atoms with Crippen LogP contribution in [0, 0.1) is 23.3 Å². The maximum atomic E-state index is 13.5. The van der Waals surface area contributed by atoms with Crippen molar-refractivity contribution in [3.63, 3.8) is 0 Å². The van der Waals surface area contributed by atoms with Gasteiger partial charge in [-0.2, -0.15) is 0 Å². The summed E-state index contributed by atoms with van der Waals surface area (Å²) in [6, 6.07) is 7.09. The number of halogens is 5. The van der Waals surface area contributed by atoms with Gasteiger partial charge in [0.05, 0.1) is 10.2 Å². The molecule has 1 N–H and O–H groups in total. The van der Waals surface area contributed by atoms with E-state index in [4.69, 9.17) is 0 Å². The van der Waals surface area contributed by atoms with Crippen LogP contribution in [0.5, 0.6) is 0 Å². The fourth-order valence-corrected chi connectivity index (χ4v) is 2.54. The Morgan fingerprint density at radius 1 is 0.833 bits per heavy atom. The van der Waals surface area contributed by atoms with Crippen molar-refractivity contribution in [1.82, 2.24) is 5.32 Å². The molecule has 1 heterocycles. The van der Waals surface area contributed by atoms with Crippen molar-refractivity contribution in [3.05, 3.63) is 64.1 Å². The van der Waals surface area contributed by atoms with Crippen LogP contribution in [0.15, 0.2) is 40.9 Å². The number of rotatable bonds is 1. The van der Waals surface area contributed by atoms with Gasteiger partial charge in [0.1, 0.15) is 23.3 Å². The van der Waals surface area contributed by atoms with Gasteiger partial charge in [-0.3, -0.25) is 0 Å². The monoisotopic (exact) mass is 404 g/mol. The van der Waals surface area contributed by atoms with Crippen LogP contribution in [-0.2, 0) is 0 Å². The summed E-state index contributed by atoms with van der Waals surface area (Å²) in [4.78, 5) is 1.95. The second-order valence-electron chi connectivity index (χ2n) is 5.24. The SMILES string of the molecule is Fc1ccc(Br)c(F)c1.Fc1ccc(N2CCCNCC2)c(F)c1. The Morgan fingerprint density at radius 3 is 2.12 bits per heavy atom. The summed E-state index contributed by atoms with van der Waals surface area (Å²) in [7, 11) is 0. The van der Waals surface area contributed by atoms with Gasteiger partial charge in [0.25, 0.3) is 0 Å². The lowest BCUT2D eigenvalue weighted by Crippen LogP contribution is -2.28. The van der Waals surface area contributed by atoms with E-state index >= 15 is 0 Å². The molecule has 24 heavy (non-hydrogen) atoms. The van der Waals surface area contributed by atoms with Crippen LogP contribution in [0.4, 0.5) is 23.2 Å². The molecule has 3 rings (SSSR count). The molecule has 1 fully saturated rings. The third kappa shape index (κ3) is 5.49. The van der Waals surface area contributed by atoms with Gasteiger partial charge in [-0.05, 0) is 53.2 Å². The van der Waals surface area contributed by atoms with Crippen LogP contribution in [0.3, 0.4) is 0 Å². The number of benzene rings is 2. The summed E-state index contributed by atoms with van der Waals surface area (Å²) in [5, 5.41) is 3.24. The zero-order chi connectivity index (χ0) is 17.5. The quantitative estimate of drug-likeness (QED) is 0.556. The highest BCUT2D eigenvalue weighted by Crippen LogP contribution is 2.20. The first-order valence-corrected chi connectivity index (χ1v) is 8.28. The fourth-order valence-electron chi connectivity index (χ4n) is 2.29. The van der Waals surface area contributed by atoms with Crippen molar-refractivity contribution in [2.45, 2.75) is 6.42 Å². The van der Waals surface area contributed by atoms with Gasteiger partial charge in [-0.25, -0.2) is 17.6 Å². The smallest absolute Gasteiger partial charge is 0.149 e. The van der Waals surface area contributed by atoms with Crippen molar-refractivity contribution in [2.24, 2.45) is 0 Å². The van der Waals surface area contributed by atoms with Crippen molar-refractivity contribution < 1.29 is 17.6 Å². The van der Waals surface area contributed by atoms with E-state index in [0.717, 1.165) is 44.7 Å². The highest BCUT2D eigenvalue weighted by Gasteiger charge is 2.13. The number of hydrogen-bond donors (Lipinski definition) is 1. The van der Waals surface area contributed by atoms with E-state index in [0.29, 0.717) is 5.69 Å². The lowest BCUT2D eigenvalue weighted by Gasteiger charge is -2.22. The number of hydrogen-bond acceptors (Lipinski definition) is 2. The second-order valence-corrected chi connectivity index (χ2v) is 6.10. The predicted octanol–water partition coefficient (Wildman–Crippen LogP) is 4.49. The summed E-state index contributed by atoms with van der Waals surface area (Å²) >= 11 is 2.89. The van der Waals surface area contributed by atoms with Crippen LogP contribution in [0.2, 0.25) is 0 Å². The van der Waals surface area contributed by atoms with E-state index in [9.17, 15) is 17.6 Å². The van der Waals surface area contributed by atoms with Gasteiger partial charge >= 0.3 is 0 Å². The molecule has 0 aromatic heterocycles. The summed E-state index contributed by atoms with van der Waals surface area (Å²) in [5.41, 5.74) is 0.500. The van der Waals surface area contributed by atoms with Crippen molar-refractivity contribution in [2.75, 3.05) is 31.1 Å². The minimum absolute atomic E-state index is 0.281. The van der Waals surface area contributed by atoms with Gasteiger partial charge in [0.2, 0.25) is 0 Å². The molecule has 0 unspecified atom stereocenters. The predicted molar refractivity (Wildman–Crippen MR) is 90.1 cm³/mol. The first-order chi connectivity index (χ1) is 11.5. The minimum atomic E-state index is -0.574. The van der Waals surface area contributed by atoms with Crippen LogP contribution < -0.4 is 10.2 Å². The average molecular weight is 405 g/mol. The third-order valence-electron chi connectivity index (χ3n) is 3.47. The van der Waals surface area contributed by atoms with Gasteiger partial charge in [-0.1, -0.05) is 0 Å². The van der Waals surface area contributed by atoms with Crippen molar-refractivity contribution in [1.29, 1.82) is 0 Å². The Balaban J connectivity index is 0.000000198. The Morgan fingerprint density at radius 2 is 1.50 bits per heavy atom. The van der Waals surface area contributed by atoms with Gasteiger partial charge in [0.15, 0.2) is 0 Å².